The van der Waals surface area contributed by atoms with Gasteiger partial charge in [0.15, 0.2) is 6.61 Å². The van der Waals surface area contributed by atoms with Gasteiger partial charge in [-0.2, -0.15) is 0 Å². The Morgan fingerprint density at radius 3 is 2.33 bits per heavy atom. The highest BCUT2D eigenvalue weighted by atomic mass is 16.5. The van der Waals surface area contributed by atoms with E-state index in [1.54, 1.807) is 12.0 Å². The number of methoxy groups -OCH3 is 1. The molecule has 2 aromatic rings. The number of hydrogen-bond acceptors (Lipinski definition) is 4. The summed E-state index contributed by atoms with van der Waals surface area (Å²) in [5.74, 6) is 0.935. The first kappa shape index (κ1) is 23.3. The number of nitrogens with zero attached hydrogens (tertiary/aromatic N) is 1. The normalized spacial score (nSPS) is 11.5. The highest BCUT2D eigenvalue weighted by Gasteiger charge is 2.28. The van der Waals surface area contributed by atoms with Gasteiger partial charge in [0.1, 0.15) is 17.5 Å². The average molecular weight is 413 g/mol. The molecule has 2 amide bonds. The second kappa shape index (κ2) is 11.9. The number of carbonyl (C=O) groups excluding carboxylic acids is 2. The van der Waals surface area contributed by atoms with E-state index in [1.165, 1.54) is 5.56 Å². The lowest BCUT2D eigenvalue weighted by Crippen LogP contribution is -2.50. The van der Waals surface area contributed by atoms with Gasteiger partial charge < -0.3 is 19.7 Å². The molecule has 6 nitrogen and oxygen atoms in total. The number of nitrogens with one attached hydrogen (secondary N) is 1. The lowest BCUT2D eigenvalue weighted by atomic mass is 10.1. The molecule has 1 unspecified atom stereocenters. The third-order valence-electron chi connectivity index (χ3n) is 4.92. The van der Waals surface area contributed by atoms with Gasteiger partial charge in [-0.3, -0.25) is 9.59 Å². The molecule has 0 bridgehead atoms. The van der Waals surface area contributed by atoms with E-state index in [0.29, 0.717) is 31.0 Å². The van der Waals surface area contributed by atoms with Gasteiger partial charge in [-0.1, -0.05) is 38.1 Å². The number of likely N-dealkylation sites (N-methyl/N-ethyl adjacent to an activating group) is 1. The van der Waals surface area contributed by atoms with Crippen molar-refractivity contribution in [3.05, 3.63) is 59.7 Å². The summed E-state index contributed by atoms with van der Waals surface area (Å²) in [6.45, 7) is 6.52. The Hall–Kier alpha value is -3.02. The van der Waals surface area contributed by atoms with Crippen molar-refractivity contribution in [3.8, 4) is 11.5 Å². The van der Waals surface area contributed by atoms with Gasteiger partial charge in [-0.05, 0) is 55.2 Å². The van der Waals surface area contributed by atoms with E-state index in [4.69, 9.17) is 9.47 Å². The van der Waals surface area contributed by atoms with Gasteiger partial charge >= 0.3 is 0 Å². The maximum absolute atomic E-state index is 13.1. The van der Waals surface area contributed by atoms with Gasteiger partial charge in [-0.25, -0.2) is 0 Å². The van der Waals surface area contributed by atoms with E-state index in [9.17, 15) is 9.59 Å². The number of amides is 2. The van der Waals surface area contributed by atoms with Crippen molar-refractivity contribution in [2.75, 3.05) is 20.3 Å². The molecule has 2 rings (SSSR count). The zero-order chi connectivity index (χ0) is 21.9. The Labute approximate surface area is 179 Å². The van der Waals surface area contributed by atoms with Crippen LogP contribution in [0.2, 0.25) is 0 Å². The van der Waals surface area contributed by atoms with Crippen molar-refractivity contribution in [2.45, 2.75) is 46.2 Å². The Kier molecular flexibility index (Phi) is 9.19. The summed E-state index contributed by atoms with van der Waals surface area (Å²) in [5.41, 5.74) is 2.09. The summed E-state index contributed by atoms with van der Waals surface area (Å²) in [7, 11) is 1.60. The SMILES string of the molecule is CCNC(=O)C(CC)N(Cc1cccc(OC)c1)C(=O)COc1ccc(CC)cc1. The molecule has 0 aliphatic carbocycles. The van der Waals surface area contributed by atoms with E-state index in [1.807, 2.05) is 62.4 Å². The second-order valence-corrected chi connectivity index (χ2v) is 6.98. The summed E-state index contributed by atoms with van der Waals surface area (Å²) >= 11 is 0. The first-order valence-corrected chi connectivity index (χ1v) is 10.4. The highest BCUT2D eigenvalue weighted by Crippen LogP contribution is 2.18. The summed E-state index contributed by atoms with van der Waals surface area (Å²) in [5, 5.41) is 2.83. The smallest absolute Gasteiger partial charge is 0.261 e. The maximum atomic E-state index is 13.1. The number of benzene rings is 2. The van der Waals surface area contributed by atoms with Crippen LogP contribution < -0.4 is 14.8 Å². The van der Waals surface area contributed by atoms with Gasteiger partial charge in [0.2, 0.25) is 5.91 Å². The monoisotopic (exact) mass is 412 g/mol. The summed E-state index contributed by atoms with van der Waals surface area (Å²) in [6.07, 6.45) is 1.45. The van der Waals surface area contributed by atoms with Crippen LogP contribution in [0.5, 0.6) is 11.5 Å². The molecular formula is C24H32N2O4. The molecule has 2 aromatic carbocycles. The van der Waals surface area contributed by atoms with E-state index in [-0.39, 0.29) is 18.4 Å². The second-order valence-electron chi connectivity index (χ2n) is 6.98. The summed E-state index contributed by atoms with van der Waals surface area (Å²) in [4.78, 5) is 27.3. The van der Waals surface area contributed by atoms with Crippen molar-refractivity contribution in [1.82, 2.24) is 10.2 Å². The minimum absolute atomic E-state index is 0.134. The minimum atomic E-state index is -0.574. The van der Waals surface area contributed by atoms with Crippen LogP contribution in [0.3, 0.4) is 0 Å². The topological polar surface area (TPSA) is 67.9 Å². The first-order valence-electron chi connectivity index (χ1n) is 10.4. The van der Waals surface area contributed by atoms with Crippen molar-refractivity contribution >= 4 is 11.8 Å². The molecular weight excluding hydrogens is 380 g/mol. The summed E-state index contributed by atoms with van der Waals surface area (Å²) in [6, 6.07) is 14.6. The van der Waals surface area contributed by atoms with Crippen LogP contribution in [0.4, 0.5) is 0 Å². The molecule has 0 aromatic heterocycles. The number of ether oxygens (including phenoxy) is 2. The molecule has 162 valence electrons. The van der Waals surface area contributed by atoms with Gasteiger partial charge in [-0.15, -0.1) is 0 Å². The zero-order valence-electron chi connectivity index (χ0n) is 18.3. The zero-order valence-corrected chi connectivity index (χ0v) is 18.3. The number of rotatable bonds is 11. The third kappa shape index (κ3) is 6.51. The largest absolute Gasteiger partial charge is 0.497 e. The van der Waals surface area contributed by atoms with Crippen LogP contribution in [0, 0.1) is 0 Å². The average Bonchev–Trinajstić information content (AvgIpc) is 2.78. The molecule has 0 spiro atoms. The van der Waals surface area contributed by atoms with Gasteiger partial charge in [0.05, 0.1) is 7.11 Å². The van der Waals surface area contributed by atoms with Crippen molar-refractivity contribution < 1.29 is 19.1 Å². The lowest BCUT2D eigenvalue weighted by molar-refractivity contribution is -0.142. The molecule has 0 heterocycles. The van der Waals surface area contributed by atoms with Crippen molar-refractivity contribution in [3.63, 3.8) is 0 Å². The maximum Gasteiger partial charge on any atom is 0.261 e. The van der Waals surface area contributed by atoms with Gasteiger partial charge in [0.25, 0.3) is 5.91 Å². The van der Waals surface area contributed by atoms with Crippen LogP contribution in [-0.4, -0.2) is 43.0 Å². The van der Waals surface area contributed by atoms with Crippen LogP contribution in [-0.2, 0) is 22.6 Å². The molecule has 0 saturated carbocycles. The molecule has 6 heteroatoms. The fourth-order valence-corrected chi connectivity index (χ4v) is 3.23. The Balaban J connectivity index is 2.18. The molecule has 1 N–H and O–H groups in total. The highest BCUT2D eigenvalue weighted by molar-refractivity contribution is 5.88. The molecule has 0 radical (unpaired) electrons. The molecule has 0 aliphatic heterocycles. The standard InChI is InChI=1S/C24H32N2O4/c1-5-18-11-13-20(14-12-18)30-17-23(27)26(22(6-2)24(28)25-7-3)16-19-9-8-10-21(15-19)29-4/h8-15,22H,5-7,16-17H2,1-4H3,(H,25,28). The lowest BCUT2D eigenvalue weighted by Gasteiger charge is -2.30. The Bertz CT molecular complexity index is 820. The fourth-order valence-electron chi connectivity index (χ4n) is 3.23. The van der Waals surface area contributed by atoms with Crippen LogP contribution in [0.15, 0.2) is 48.5 Å². The van der Waals surface area contributed by atoms with Crippen molar-refractivity contribution in [1.29, 1.82) is 0 Å². The van der Waals surface area contributed by atoms with E-state index in [2.05, 4.69) is 12.2 Å². The number of hydrogen-bond donors (Lipinski definition) is 1. The quantitative estimate of drug-likeness (QED) is 0.613. The van der Waals surface area contributed by atoms with Gasteiger partial charge in [0, 0.05) is 13.1 Å². The minimum Gasteiger partial charge on any atom is -0.497 e. The van der Waals surface area contributed by atoms with E-state index >= 15 is 0 Å². The van der Waals surface area contributed by atoms with E-state index < -0.39 is 6.04 Å². The van der Waals surface area contributed by atoms with Crippen LogP contribution >= 0.6 is 0 Å². The van der Waals surface area contributed by atoms with Crippen molar-refractivity contribution in [2.24, 2.45) is 0 Å². The molecule has 30 heavy (non-hydrogen) atoms. The Morgan fingerprint density at radius 1 is 1.00 bits per heavy atom. The van der Waals surface area contributed by atoms with Crippen LogP contribution in [0.25, 0.3) is 0 Å². The molecule has 1 atom stereocenters. The third-order valence-corrected chi connectivity index (χ3v) is 4.92. The summed E-state index contributed by atoms with van der Waals surface area (Å²) < 4.78 is 11.0. The fraction of sp³-hybridized carbons (Fsp3) is 0.417. The predicted octanol–water partition coefficient (Wildman–Crippen LogP) is 3.58. The molecule has 0 aliphatic rings. The van der Waals surface area contributed by atoms with E-state index in [0.717, 1.165) is 12.0 Å². The Morgan fingerprint density at radius 2 is 1.73 bits per heavy atom. The van der Waals surface area contributed by atoms with Crippen LogP contribution in [0.1, 0.15) is 38.3 Å². The number of aryl methyl sites for hydroxylation is 1. The molecule has 0 saturated heterocycles. The molecule has 0 fully saturated rings. The number of carbonyl (C=O) groups is 2. The predicted molar refractivity (Wildman–Crippen MR) is 118 cm³/mol. The first-order chi connectivity index (χ1) is 14.5.